The summed E-state index contributed by atoms with van der Waals surface area (Å²) in [6.07, 6.45) is 7.78. The Kier molecular flexibility index (Phi) is 6.91. The van der Waals surface area contributed by atoms with Crippen LogP contribution in [0, 0.1) is 0 Å². The highest BCUT2D eigenvalue weighted by molar-refractivity contribution is 6.26. The SMILES string of the molecule is c1ccc(-c2ncc(-c3cc4cc5c(cc(-c6cnc(-c7ccccc7)nc6)c6cc7c(cc65)oc5ccccc57)cc4c4cc5oc6ccccc6c5cc34)cn2)cc1. The molecule has 0 aliphatic carbocycles. The molecule has 6 nitrogen and oxygen atoms in total. The van der Waals surface area contributed by atoms with Gasteiger partial charge in [0, 0.05) is 68.6 Å². The van der Waals surface area contributed by atoms with E-state index in [9.17, 15) is 0 Å². The van der Waals surface area contributed by atoms with Gasteiger partial charge in [0.2, 0.25) is 0 Å². The van der Waals surface area contributed by atoms with E-state index in [0.717, 1.165) is 120 Å². The molecule has 0 fully saturated rings. The molecule has 0 aliphatic heterocycles. The van der Waals surface area contributed by atoms with Crippen molar-refractivity contribution in [3.8, 4) is 45.0 Å². The third kappa shape index (κ3) is 5.01. The smallest absolute Gasteiger partial charge is 0.159 e. The first kappa shape index (κ1) is 32.8. The van der Waals surface area contributed by atoms with Crippen LogP contribution in [0.15, 0.2) is 191 Å². The minimum atomic E-state index is 0.693. The molecule has 4 heterocycles. The number of furan rings is 2. The van der Waals surface area contributed by atoms with E-state index >= 15 is 0 Å². The van der Waals surface area contributed by atoms with Gasteiger partial charge in [0.1, 0.15) is 22.3 Å². The normalized spacial score (nSPS) is 12.0. The summed E-state index contributed by atoms with van der Waals surface area (Å²) < 4.78 is 13.0. The van der Waals surface area contributed by atoms with Crippen LogP contribution in [0.25, 0.3) is 132 Å². The Morgan fingerprint density at radius 2 is 0.667 bits per heavy atom. The van der Waals surface area contributed by atoms with Crippen molar-refractivity contribution < 1.29 is 8.83 Å². The maximum Gasteiger partial charge on any atom is 0.159 e. The van der Waals surface area contributed by atoms with E-state index in [1.807, 2.05) is 110 Å². The molecule has 0 saturated carbocycles. The van der Waals surface area contributed by atoms with E-state index in [-0.39, 0.29) is 0 Å². The molecule has 6 heteroatoms. The van der Waals surface area contributed by atoms with Crippen LogP contribution in [-0.4, -0.2) is 19.9 Å². The lowest BCUT2D eigenvalue weighted by molar-refractivity contribution is 0.669. The van der Waals surface area contributed by atoms with Crippen molar-refractivity contribution in [2.75, 3.05) is 0 Å². The largest absolute Gasteiger partial charge is 0.456 e. The van der Waals surface area contributed by atoms with Crippen molar-refractivity contribution in [2.24, 2.45) is 0 Å². The molecule has 60 heavy (non-hydrogen) atoms. The Balaban J connectivity index is 1.10. The Labute approximate surface area is 342 Å². The predicted octanol–water partition coefficient (Wildman–Crippen LogP) is 14.3. The molecule has 0 spiro atoms. The van der Waals surface area contributed by atoms with Crippen LogP contribution in [-0.2, 0) is 0 Å². The summed E-state index contributed by atoms with van der Waals surface area (Å²) >= 11 is 0. The lowest BCUT2D eigenvalue weighted by Gasteiger charge is -2.15. The van der Waals surface area contributed by atoms with E-state index in [4.69, 9.17) is 28.8 Å². The van der Waals surface area contributed by atoms with Crippen molar-refractivity contribution in [3.05, 3.63) is 183 Å². The zero-order valence-corrected chi connectivity index (χ0v) is 31.9. The number of hydrogen-bond donors (Lipinski definition) is 0. The standard InChI is InChI=1S/C54H30N4O2/c1-3-11-31(12-4-1)53-55-27-35(28-56-53)41-21-33-19-40-34(20-39(33)45-25-51-47(23-43(41)45)37-15-7-9-17-49(37)59-51)22-42(36-29-57-54(58-30-36)32-13-5-2-6-14-32)44-24-48-38-16-8-10-18-50(38)60-52(48)26-46(40)44/h1-30H. The summed E-state index contributed by atoms with van der Waals surface area (Å²) in [7, 11) is 0. The van der Waals surface area contributed by atoms with Crippen LogP contribution < -0.4 is 0 Å². The molecule has 0 unspecified atom stereocenters. The number of nitrogens with zero attached hydrogens (tertiary/aromatic N) is 4. The van der Waals surface area contributed by atoms with Gasteiger partial charge in [-0.3, -0.25) is 0 Å². The highest BCUT2D eigenvalue weighted by Gasteiger charge is 2.19. The van der Waals surface area contributed by atoms with Gasteiger partial charge >= 0.3 is 0 Å². The highest BCUT2D eigenvalue weighted by atomic mass is 16.3. The molecular weight excluding hydrogens is 737 g/mol. The van der Waals surface area contributed by atoms with Crippen LogP contribution in [0.1, 0.15) is 0 Å². The second-order valence-corrected chi connectivity index (χ2v) is 15.4. The Morgan fingerprint density at radius 3 is 1.10 bits per heavy atom. The minimum Gasteiger partial charge on any atom is -0.456 e. The molecular formula is C54H30N4O2. The van der Waals surface area contributed by atoms with Crippen LogP contribution in [0.4, 0.5) is 0 Å². The van der Waals surface area contributed by atoms with Crippen molar-refractivity contribution >= 4 is 87.0 Å². The molecule has 0 bridgehead atoms. The van der Waals surface area contributed by atoms with Crippen molar-refractivity contribution in [3.63, 3.8) is 0 Å². The number of benzene rings is 9. The van der Waals surface area contributed by atoms with Gasteiger partial charge in [0.15, 0.2) is 11.6 Å². The van der Waals surface area contributed by atoms with Crippen LogP contribution >= 0.6 is 0 Å². The number of para-hydroxylation sites is 2. The summed E-state index contributed by atoms with van der Waals surface area (Å²) in [5.41, 5.74) is 9.38. The van der Waals surface area contributed by atoms with E-state index in [0.29, 0.717) is 11.6 Å². The fourth-order valence-corrected chi connectivity index (χ4v) is 9.12. The summed E-state index contributed by atoms with van der Waals surface area (Å²) in [4.78, 5) is 19.5. The second-order valence-electron chi connectivity index (χ2n) is 15.4. The van der Waals surface area contributed by atoms with Gasteiger partial charge in [-0.2, -0.15) is 0 Å². The lowest BCUT2D eigenvalue weighted by atomic mass is 9.88. The fraction of sp³-hybridized carbons (Fsp3) is 0. The zero-order chi connectivity index (χ0) is 39.3. The van der Waals surface area contributed by atoms with Crippen LogP contribution in [0.2, 0.25) is 0 Å². The molecule has 0 radical (unpaired) electrons. The third-order valence-electron chi connectivity index (χ3n) is 12.0. The predicted molar refractivity (Wildman–Crippen MR) is 244 cm³/mol. The van der Waals surface area contributed by atoms with Gasteiger partial charge in [0.25, 0.3) is 0 Å². The first-order valence-corrected chi connectivity index (χ1v) is 20.0. The van der Waals surface area contributed by atoms with Crippen LogP contribution in [0.3, 0.4) is 0 Å². The fourth-order valence-electron chi connectivity index (χ4n) is 9.12. The number of rotatable bonds is 4. The highest BCUT2D eigenvalue weighted by Crippen LogP contribution is 2.45. The zero-order valence-electron chi connectivity index (χ0n) is 31.9. The Morgan fingerprint density at radius 1 is 0.267 bits per heavy atom. The quantitative estimate of drug-likeness (QED) is 0.131. The molecule has 0 saturated heterocycles. The number of fused-ring (bicyclic) bond motifs is 12. The third-order valence-corrected chi connectivity index (χ3v) is 12.0. The van der Waals surface area contributed by atoms with E-state index in [2.05, 4.69) is 72.8 Å². The average Bonchev–Trinajstić information content (AvgIpc) is 3.87. The molecule has 278 valence electrons. The van der Waals surface area contributed by atoms with Crippen LogP contribution in [0.5, 0.6) is 0 Å². The van der Waals surface area contributed by atoms with E-state index in [1.165, 1.54) is 0 Å². The maximum absolute atomic E-state index is 6.50. The average molecular weight is 767 g/mol. The lowest BCUT2D eigenvalue weighted by Crippen LogP contribution is -1.92. The van der Waals surface area contributed by atoms with E-state index in [1.54, 1.807) is 0 Å². The van der Waals surface area contributed by atoms with Gasteiger partial charge in [-0.05, 0) is 115 Å². The molecule has 0 aliphatic rings. The first-order chi connectivity index (χ1) is 29.7. The van der Waals surface area contributed by atoms with Crippen molar-refractivity contribution in [2.45, 2.75) is 0 Å². The van der Waals surface area contributed by atoms with Gasteiger partial charge in [0.05, 0.1) is 0 Å². The Bertz CT molecular complexity index is 3600. The molecule has 9 aromatic carbocycles. The number of hydrogen-bond acceptors (Lipinski definition) is 6. The Hall–Kier alpha value is -8.22. The minimum absolute atomic E-state index is 0.693. The molecule has 13 aromatic rings. The molecule has 0 atom stereocenters. The van der Waals surface area contributed by atoms with Gasteiger partial charge in [-0.1, -0.05) is 97.1 Å². The maximum atomic E-state index is 6.50. The van der Waals surface area contributed by atoms with E-state index < -0.39 is 0 Å². The first-order valence-electron chi connectivity index (χ1n) is 20.0. The molecule has 13 rings (SSSR count). The summed E-state index contributed by atoms with van der Waals surface area (Å²) in [6.45, 7) is 0. The van der Waals surface area contributed by atoms with Gasteiger partial charge in [-0.15, -0.1) is 0 Å². The van der Waals surface area contributed by atoms with Gasteiger partial charge < -0.3 is 8.83 Å². The molecule has 0 N–H and O–H groups in total. The number of aromatic nitrogens is 4. The molecule has 0 amide bonds. The summed E-state index contributed by atoms with van der Waals surface area (Å²) in [6, 6.07) is 54.9. The summed E-state index contributed by atoms with van der Waals surface area (Å²) in [5, 5.41) is 13.1. The van der Waals surface area contributed by atoms with Crippen molar-refractivity contribution in [1.82, 2.24) is 19.9 Å². The second kappa shape index (κ2) is 12.6. The summed E-state index contributed by atoms with van der Waals surface area (Å²) in [5.74, 6) is 1.39. The van der Waals surface area contributed by atoms with Gasteiger partial charge in [-0.25, -0.2) is 19.9 Å². The molecule has 4 aromatic heterocycles. The van der Waals surface area contributed by atoms with Crippen molar-refractivity contribution in [1.29, 1.82) is 0 Å². The monoisotopic (exact) mass is 766 g/mol. The topological polar surface area (TPSA) is 77.8 Å².